The predicted octanol–water partition coefficient (Wildman–Crippen LogP) is 2.20. The van der Waals surface area contributed by atoms with Crippen LogP contribution in [0, 0.1) is 0 Å². The summed E-state index contributed by atoms with van der Waals surface area (Å²) in [5.74, 6) is 1.23. The third-order valence-electron chi connectivity index (χ3n) is 3.11. The number of hydrogen-bond donors (Lipinski definition) is 2. The Balaban J connectivity index is 2.32. The number of rotatable bonds is 8. The summed E-state index contributed by atoms with van der Waals surface area (Å²) in [7, 11) is -0.725. The Labute approximate surface area is 118 Å². The van der Waals surface area contributed by atoms with Gasteiger partial charge in [0.2, 0.25) is 0 Å². The molecule has 1 aromatic rings. The van der Waals surface area contributed by atoms with Crippen molar-refractivity contribution in [1.82, 2.24) is 5.32 Å². The third kappa shape index (κ3) is 6.32. The first-order valence-corrected chi connectivity index (χ1v) is 8.52. The zero-order valence-electron chi connectivity index (χ0n) is 12.1. The molecule has 0 spiro atoms. The normalized spacial score (nSPS) is 14.6. The Morgan fingerprint density at radius 2 is 1.79 bits per heavy atom. The second-order valence-electron chi connectivity index (χ2n) is 5.17. The van der Waals surface area contributed by atoms with Crippen molar-refractivity contribution in [1.29, 1.82) is 0 Å². The SMILES string of the molecule is CC(C)c1ccc(C(O)CNCCCS(C)=O)cc1. The predicted molar refractivity (Wildman–Crippen MR) is 81.9 cm³/mol. The molecule has 3 nitrogen and oxygen atoms in total. The first-order chi connectivity index (χ1) is 9.00. The second kappa shape index (κ2) is 8.46. The van der Waals surface area contributed by atoms with Crippen LogP contribution in [0.4, 0.5) is 0 Å². The average molecular weight is 283 g/mol. The highest BCUT2D eigenvalue weighted by Crippen LogP contribution is 2.18. The van der Waals surface area contributed by atoms with Gasteiger partial charge in [-0.2, -0.15) is 0 Å². The molecule has 0 aliphatic carbocycles. The van der Waals surface area contributed by atoms with Crippen LogP contribution in [-0.2, 0) is 10.8 Å². The molecule has 2 N–H and O–H groups in total. The van der Waals surface area contributed by atoms with Crippen molar-refractivity contribution in [2.45, 2.75) is 32.3 Å². The standard InChI is InChI=1S/C15H25NO2S/c1-12(2)13-5-7-14(8-6-13)15(17)11-16-9-4-10-19(3)18/h5-8,12,15-17H,4,9-11H2,1-3H3. The lowest BCUT2D eigenvalue weighted by atomic mass is 10.00. The average Bonchev–Trinajstić information content (AvgIpc) is 2.37. The molecule has 0 saturated heterocycles. The molecular weight excluding hydrogens is 258 g/mol. The van der Waals surface area contributed by atoms with Gasteiger partial charge in [-0.1, -0.05) is 38.1 Å². The van der Waals surface area contributed by atoms with E-state index in [1.165, 1.54) is 5.56 Å². The van der Waals surface area contributed by atoms with E-state index >= 15 is 0 Å². The molecule has 0 aliphatic rings. The molecule has 1 aromatic carbocycles. The van der Waals surface area contributed by atoms with Gasteiger partial charge in [0.05, 0.1) is 6.10 Å². The number of nitrogens with one attached hydrogen (secondary N) is 1. The number of aliphatic hydroxyl groups is 1. The number of benzene rings is 1. The van der Waals surface area contributed by atoms with Gasteiger partial charge in [0.25, 0.3) is 0 Å². The zero-order valence-corrected chi connectivity index (χ0v) is 12.9. The molecular formula is C15H25NO2S. The second-order valence-corrected chi connectivity index (χ2v) is 6.73. The summed E-state index contributed by atoms with van der Waals surface area (Å²) in [6.07, 6.45) is 2.11. The minimum atomic E-state index is -0.725. The highest BCUT2D eigenvalue weighted by molar-refractivity contribution is 7.84. The molecule has 2 unspecified atom stereocenters. The lowest BCUT2D eigenvalue weighted by Crippen LogP contribution is -2.23. The van der Waals surface area contributed by atoms with Crippen LogP contribution in [0.25, 0.3) is 0 Å². The van der Waals surface area contributed by atoms with Gasteiger partial charge in [0.15, 0.2) is 0 Å². The molecule has 0 saturated carbocycles. The van der Waals surface area contributed by atoms with E-state index in [9.17, 15) is 9.32 Å². The van der Waals surface area contributed by atoms with Gasteiger partial charge in [-0.05, 0) is 30.0 Å². The lowest BCUT2D eigenvalue weighted by Gasteiger charge is -2.13. The van der Waals surface area contributed by atoms with Gasteiger partial charge in [-0.25, -0.2) is 0 Å². The van der Waals surface area contributed by atoms with Crippen molar-refractivity contribution in [2.75, 3.05) is 25.1 Å². The minimum absolute atomic E-state index is 0.478. The molecule has 2 atom stereocenters. The summed E-state index contributed by atoms with van der Waals surface area (Å²) in [6, 6.07) is 8.12. The van der Waals surface area contributed by atoms with Crippen molar-refractivity contribution >= 4 is 10.8 Å². The van der Waals surface area contributed by atoms with Crippen molar-refractivity contribution in [3.63, 3.8) is 0 Å². The monoisotopic (exact) mass is 283 g/mol. The molecule has 19 heavy (non-hydrogen) atoms. The van der Waals surface area contributed by atoms with Gasteiger partial charge in [-0.15, -0.1) is 0 Å². The van der Waals surface area contributed by atoms with Crippen molar-refractivity contribution < 1.29 is 9.32 Å². The molecule has 0 aromatic heterocycles. The smallest absolute Gasteiger partial charge is 0.0914 e. The van der Waals surface area contributed by atoms with Gasteiger partial charge in [0.1, 0.15) is 0 Å². The maximum atomic E-state index is 10.9. The number of hydrogen-bond acceptors (Lipinski definition) is 3. The summed E-state index contributed by atoms with van der Waals surface area (Å²) in [5, 5.41) is 13.2. The topological polar surface area (TPSA) is 49.3 Å². The summed E-state index contributed by atoms with van der Waals surface area (Å²) >= 11 is 0. The molecule has 1 rings (SSSR count). The van der Waals surface area contributed by atoms with E-state index in [0.29, 0.717) is 18.2 Å². The number of aliphatic hydroxyl groups excluding tert-OH is 1. The van der Waals surface area contributed by atoms with Crippen LogP contribution in [-0.4, -0.2) is 34.4 Å². The van der Waals surface area contributed by atoms with Crippen molar-refractivity contribution in [2.24, 2.45) is 0 Å². The summed E-state index contributed by atoms with van der Waals surface area (Å²) in [4.78, 5) is 0. The first kappa shape index (κ1) is 16.3. The molecule has 0 fully saturated rings. The molecule has 0 bridgehead atoms. The van der Waals surface area contributed by atoms with E-state index < -0.39 is 16.9 Å². The third-order valence-corrected chi connectivity index (χ3v) is 3.97. The van der Waals surface area contributed by atoms with Gasteiger partial charge in [-0.3, -0.25) is 4.21 Å². The largest absolute Gasteiger partial charge is 0.387 e. The maximum absolute atomic E-state index is 10.9. The fraction of sp³-hybridized carbons (Fsp3) is 0.600. The van der Waals surface area contributed by atoms with E-state index in [-0.39, 0.29) is 0 Å². The quantitative estimate of drug-likeness (QED) is 0.719. The Hall–Kier alpha value is -0.710. The Bertz CT molecular complexity index is 390. The van der Waals surface area contributed by atoms with Crippen LogP contribution in [0.2, 0.25) is 0 Å². The fourth-order valence-electron chi connectivity index (χ4n) is 1.86. The van der Waals surface area contributed by atoms with Gasteiger partial charge in [0, 0.05) is 29.4 Å². The Morgan fingerprint density at radius 3 is 2.32 bits per heavy atom. The molecule has 4 heteroatoms. The van der Waals surface area contributed by atoms with E-state index in [1.807, 2.05) is 12.1 Å². The molecule has 0 heterocycles. The highest BCUT2D eigenvalue weighted by Gasteiger charge is 2.07. The Morgan fingerprint density at radius 1 is 1.21 bits per heavy atom. The lowest BCUT2D eigenvalue weighted by molar-refractivity contribution is 0.175. The fourth-order valence-corrected chi connectivity index (χ4v) is 2.41. The van der Waals surface area contributed by atoms with Gasteiger partial charge < -0.3 is 10.4 Å². The minimum Gasteiger partial charge on any atom is -0.387 e. The zero-order chi connectivity index (χ0) is 14.3. The van der Waals surface area contributed by atoms with Crippen LogP contribution >= 0.6 is 0 Å². The summed E-state index contributed by atoms with van der Waals surface area (Å²) in [6.45, 7) is 5.65. The molecule has 0 aliphatic heterocycles. The summed E-state index contributed by atoms with van der Waals surface area (Å²) < 4.78 is 10.9. The first-order valence-electron chi connectivity index (χ1n) is 6.79. The maximum Gasteiger partial charge on any atom is 0.0914 e. The Kier molecular flexibility index (Phi) is 7.28. The summed E-state index contributed by atoms with van der Waals surface area (Å²) in [5.41, 5.74) is 2.23. The van der Waals surface area contributed by atoms with Crippen LogP contribution in [0.5, 0.6) is 0 Å². The van der Waals surface area contributed by atoms with E-state index in [2.05, 4.69) is 31.3 Å². The van der Waals surface area contributed by atoms with Crippen LogP contribution in [0.1, 0.15) is 43.4 Å². The molecule has 0 amide bonds. The van der Waals surface area contributed by atoms with Gasteiger partial charge >= 0.3 is 0 Å². The molecule has 108 valence electrons. The van der Waals surface area contributed by atoms with Crippen LogP contribution < -0.4 is 5.32 Å². The van der Waals surface area contributed by atoms with E-state index in [4.69, 9.17) is 0 Å². The highest BCUT2D eigenvalue weighted by atomic mass is 32.2. The van der Waals surface area contributed by atoms with E-state index in [1.54, 1.807) is 6.26 Å². The van der Waals surface area contributed by atoms with Crippen LogP contribution in [0.15, 0.2) is 24.3 Å². The van der Waals surface area contributed by atoms with Crippen LogP contribution in [0.3, 0.4) is 0 Å². The van der Waals surface area contributed by atoms with Crippen molar-refractivity contribution in [3.8, 4) is 0 Å². The van der Waals surface area contributed by atoms with E-state index in [0.717, 1.165) is 18.5 Å². The van der Waals surface area contributed by atoms with Crippen molar-refractivity contribution in [3.05, 3.63) is 35.4 Å². The molecule has 0 radical (unpaired) electrons.